The summed E-state index contributed by atoms with van der Waals surface area (Å²) in [5.41, 5.74) is 1.81. The van der Waals surface area contributed by atoms with Gasteiger partial charge in [-0.2, -0.15) is 13.2 Å². The highest BCUT2D eigenvalue weighted by Gasteiger charge is 2.47. The molecule has 10 heteroatoms. The Bertz CT molecular complexity index is 1060. The quantitative estimate of drug-likeness (QED) is 0.266. The van der Waals surface area contributed by atoms with E-state index >= 15 is 0 Å². The summed E-state index contributed by atoms with van der Waals surface area (Å²) in [5.74, 6) is -2.50. The predicted molar refractivity (Wildman–Crippen MR) is 133 cm³/mol. The van der Waals surface area contributed by atoms with Crippen LogP contribution in [0.5, 0.6) is 5.75 Å². The lowest BCUT2D eigenvalue weighted by molar-refractivity contribution is -0.170. The minimum atomic E-state index is -5.16. The number of ether oxygens (including phenoxy) is 3. The Morgan fingerprint density at radius 2 is 1.81 bits per heavy atom. The van der Waals surface area contributed by atoms with Crippen LogP contribution in [0.4, 0.5) is 18.9 Å². The smallest absolute Gasteiger partial charge is 0.471 e. The molecule has 0 aliphatic carbocycles. The molecule has 0 aromatic heterocycles. The van der Waals surface area contributed by atoms with Crippen LogP contribution in [0.1, 0.15) is 80.9 Å². The summed E-state index contributed by atoms with van der Waals surface area (Å²) in [6, 6.07) is -0.913. The molecular formula is C27H36F3NO6. The van der Waals surface area contributed by atoms with Gasteiger partial charge < -0.3 is 19.1 Å². The number of halogens is 3. The van der Waals surface area contributed by atoms with Gasteiger partial charge in [0.05, 0.1) is 25.0 Å². The van der Waals surface area contributed by atoms with Crippen molar-refractivity contribution in [3.8, 4) is 5.75 Å². The van der Waals surface area contributed by atoms with E-state index < -0.39 is 24.1 Å². The molecule has 37 heavy (non-hydrogen) atoms. The van der Waals surface area contributed by atoms with Crippen molar-refractivity contribution >= 4 is 23.5 Å². The lowest BCUT2D eigenvalue weighted by atomic mass is 9.92. The van der Waals surface area contributed by atoms with Gasteiger partial charge in [-0.3, -0.25) is 9.59 Å². The molecule has 1 aromatic carbocycles. The maximum Gasteiger partial charge on any atom is 0.471 e. The first-order chi connectivity index (χ1) is 17.2. The van der Waals surface area contributed by atoms with Crippen molar-refractivity contribution in [1.29, 1.82) is 0 Å². The van der Waals surface area contributed by atoms with Gasteiger partial charge in [0, 0.05) is 23.6 Å². The van der Waals surface area contributed by atoms with Gasteiger partial charge in [0.2, 0.25) is 0 Å². The summed E-state index contributed by atoms with van der Waals surface area (Å²) in [6.07, 6.45) is -2.01. The van der Waals surface area contributed by atoms with Gasteiger partial charge in [-0.15, -0.1) is 0 Å². The van der Waals surface area contributed by atoms with Crippen LogP contribution in [0.15, 0.2) is 11.6 Å². The van der Waals surface area contributed by atoms with E-state index in [9.17, 15) is 27.6 Å². The normalized spacial score (nSPS) is 13.6. The van der Waals surface area contributed by atoms with Crippen LogP contribution >= 0.6 is 0 Å². The van der Waals surface area contributed by atoms with Gasteiger partial charge >= 0.3 is 24.0 Å². The Kier molecular flexibility index (Phi) is 10.2. The summed E-state index contributed by atoms with van der Waals surface area (Å²) < 4.78 is 56.8. The highest BCUT2D eigenvalue weighted by molar-refractivity contribution is 6.08. The van der Waals surface area contributed by atoms with Gasteiger partial charge in [0.15, 0.2) is 0 Å². The van der Waals surface area contributed by atoms with Crippen LogP contribution in [-0.2, 0) is 32.1 Å². The molecule has 2 rings (SSSR count). The second-order valence-corrected chi connectivity index (χ2v) is 9.84. The van der Waals surface area contributed by atoms with E-state index in [0.717, 1.165) is 12.0 Å². The SMILES string of the molecule is COc1c(C)c2c(c(N(C(=O)C(F)(F)F)C(C)C)c1CC=C(C)CCC(=O)OCCC(C)C)C(=O)OC2. The molecule has 0 saturated heterocycles. The summed E-state index contributed by atoms with van der Waals surface area (Å²) in [5, 5.41) is 0. The Balaban J connectivity index is 2.49. The van der Waals surface area contributed by atoms with Gasteiger partial charge in [-0.05, 0) is 58.4 Å². The minimum Gasteiger partial charge on any atom is -0.496 e. The molecule has 0 fully saturated rings. The number of fused-ring (bicyclic) bond motifs is 1. The van der Waals surface area contributed by atoms with Gasteiger partial charge in [-0.25, -0.2) is 4.79 Å². The largest absolute Gasteiger partial charge is 0.496 e. The van der Waals surface area contributed by atoms with Crippen molar-refractivity contribution in [1.82, 2.24) is 0 Å². The maximum atomic E-state index is 13.6. The zero-order chi connectivity index (χ0) is 28.1. The molecule has 1 heterocycles. The van der Waals surface area contributed by atoms with Crippen molar-refractivity contribution in [2.24, 2.45) is 5.92 Å². The molecule has 0 saturated carbocycles. The number of rotatable bonds is 11. The third-order valence-electron chi connectivity index (χ3n) is 6.20. The fourth-order valence-electron chi connectivity index (χ4n) is 4.18. The number of benzene rings is 1. The first-order valence-corrected chi connectivity index (χ1v) is 12.3. The fraction of sp³-hybridized carbons (Fsp3) is 0.593. The number of carbonyl (C=O) groups is 3. The number of cyclic esters (lactones) is 1. The molecule has 7 nitrogen and oxygen atoms in total. The molecule has 1 aliphatic rings. The second-order valence-electron chi connectivity index (χ2n) is 9.84. The Morgan fingerprint density at radius 3 is 2.35 bits per heavy atom. The van der Waals surface area contributed by atoms with E-state index in [2.05, 4.69) is 0 Å². The number of hydrogen-bond donors (Lipinski definition) is 0. The molecule has 1 aromatic rings. The fourth-order valence-corrected chi connectivity index (χ4v) is 4.18. The van der Waals surface area contributed by atoms with Gasteiger partial charge in [0.25, 0.3) is 0 Å². The lowest BCUT2D eigenvalue weighted by Crippen LogP contribution is -2.46. The standard InChI is InChI=1S/C27H36F3NO6/c1-15(2)12-13-36-21(32)11-9-17(5)8-10-19-23(31(16(3)4)26(34)27(28,29)30)22-20(14-37-25(22)33)18(6)24(19)35-7/h8,15-16H,9-14H2,1-7H3. The number of amides is 1. The van der Waals surface area contributed by atoms with Crippen molar-refractivity contribution < 1.29 is 41.8 Å². The predicted octanol–water partition coefficient (Wildman–Crippen LogP) is 5.84. The topological polar surface area (TPSA) is 82.1 Å². The van der Waals surface area contributed by atoms with E-state index in [1.807, 2.05) is 13.8 Å². The number of allylic oxidation sites excluding steroid dienone is 2. The zero-order valence-electron chi connectivity index (χ0n) is 22.5. The maximum absolute atomic E-state index is 13.6. The lowest BCUT2D eigenvalue weighted by Gasteiger charge is -2.32. The van der Waals surface area contributed by atoms with Gasteiger partial charge in [-0.1, -0.05) is 25.5 Å². The molecule has 0 atom stereocenters. The number of alkyl halides is 3. The van der Waals surface area contributed by atoms with Crippen molar-refractivity contribution in [3.63, 3.8) is 0 Å². The molecule has 1 amide bonds. The molecule has 1 aliphatic heterocycles. The van der Waals surface area contributed by atoms with Crippen molar-refractivity contribution in [2.45, 2.75) is 86.1 Å². The minimum absolute atomic E-state index is 0.0561. The molecule has 206 valence electrons. The number of hydrogen-bond acceptors (Lipinski definition) is 6. The number of esters is 2. The first kappa shape index (κ1) is 30.2. The molecule has 0 bridgehead atoms. The number of anilines is 1. The molecule has 0 N–H and O–H groups in total. The van der Waals surface area contributed by atoms with Crippen LogP contribution in [0.3, 0.4) is 0 Å². The van der Waals surface area contributed by atoms with Crippen LogP contribution < -0.4 is 9.64 Å². The molecule has 0 spiro atoms. The van der Waals surface area contributed by atoms with E-state index in [1.54, 1.807) is 19.9 Å². The highest BCUT2D eigenvalue weighted by Crippen LogP contribution is 2.44. The van der Waals surface area contributed by atoms with Crippen LogP contribution in [-0.4, -0.2) is 43.8 Å². The van der Waals surface area contributed by atoms with E-state index in [4.69, 9.17) is 14.2 Å². The monoisotopic (exact) mass is 527 g/mol. The van der Waals surface area contributed by atoms with Crippen molar-refractivity contribution in [2.75, 3.05) is 18.6 Å². The number of carbonyl (C=O) groups excluding carboxylic acids is 3. The summed E-state index contributed by atoms with van der Waals surface area (Å²) in [7, 11) is 1.38. The van der Waals surface area contributed by atoms with Crippen molar-refractivity contribution in [3.05, 3.63) is 33.9 Å². The van der Waals surface area contributed by atoms with E-state index in [1.165, 1.54) is 21.0 Å². The Hall–Kier alpha value is -3.04. The van der Waals surface area contributed by atoms with Gasteiger partial charge in [0.1, 0.15) is 12.4 Å². The average molecular weight is 528 g/mol. The van der Waals surface area contributed by atoms with E-state index in [0.29, 0.717) is 35.0 Å². The number of methoxy groups -OCH3 is 1. The van der Waals surface area contributed by atoms with Crippen LogP contribution in [0.25, 0.3) is 0 Å². The summed E-state index contributed by atoms with van der Waals surface area (Å²) >= 11 is 0. The third-order valence-corrected chi connectivity index (χ3v) is 6.20. The highest BCUT2D eigenvalue weighted by atomic mass is 19.4. The van der Waals surface area contributed by atoms with E-state index in [-0.39, 0.29) is 48.0 Å². The Labute approximate surface area is 215 Å². The summed E-state index contributed by atoms with van der Waals surface area (Å²) in [4.78, 5) is 37.8. The average Bonchev–Trinajstić information content (AvgIpc) is 3.18. The van der Waals surface area contributed by atoms with Crippen LogP contribution in [0, 0.1) is 12.8 Å². The number of nitrogens with zero attached hydrogens (tertiary/aromatic N) is 1. The third kappa shape index (κ3) is 7.26. The first-order valence-electron chi connectivity index (χ1n) is 12.3. The molecular weight excluding hydrogens is 491 g/mol. The summed E-state index contributed by atoms with van der Waals surface area (Å²) in [6.45, 7) is 10.7. The Morgan fingerprint density at radius 1 is 1.16 bits per heavy atom. The molecule has 0 radical (unpaired) electrons. The molecule has 0 unspecified atom stereocenters. The zero-order valence-corrected chi connectivity index (χ0v) is 22.5. The van der Waals surface area contributed by atoms with Crippen LogP contribution in [0.2, 0.25) is 0 Å². The second kappa shape index (κ2) is 12.5.